The lowest BCUT2D eigenvalue weighted by atomic mass is 10.2. The molecule has 0 fully saturated rings. The summed E-state index contributed by atoms with van der Waals surface area (Å²) in [6.45, 7) is 0.467. The SMILES string of the molecule is N=C(NCc1nc2cnc3[nH]ccc3c2[nH]1)c1ccccc1. The maximum atomic E-state index is 8.05. The van der Waals surface area contributed by atoms with Gasteiger partial charge in [0.05, 0.1) is 18.3 Å². The Morgan fingerprint density at radius 3 is 2.91 bits per heavy atom. The van der Waals surface area contributed by atoms with Gasteiger partial charge < -0.3 is 15.3 Å². The highest BCUT2D eigenvalue weighted by Crippen LogP contribution is 2.20. The highest BCUT2D eigenvalue weighted by molar-refractivity contribution is 6.00. The van der Waals surface area contributed by atoms with Crippen LogP contribution in [-0.4, -0.2) is 25.8 Å². The fourth-order valence-electron chi connectivity index (χ4n) is 2.49. The first-order chi connectivity index (χ1) is 10.8. The van der Waals surface area contributed by atoms with Crippen molar-refractivity contribution in [1.29, 1.82) is 5.41 Å². The summed E-state index contributed by atoms with van der Waals surface area (Å²) in [7, 11) is 0. The van der Waals surface area contributed by atoms with Crippen LogP contribution in [0.1, 0.15) is 11.4 Å². The zero-order chi connectivity index (χ0) is 14.9. The maximum absolute atomic E-state index is 8.05. The molecule has 0 radical (unpaired) electrons. The molecule has 0 aliphatic carbocycles. The first kappa shape index (κ1) is 12.6. The standard InChI is InChI=1S/C16H14N6/c17-15(10-4-2-1-3-5-10)19-9-13-21-12-8-20-16-11(6-7-18-16)14(12)22-13/h1-8H,9H2,(H2,17,19)(H,18,20)(H,21,22). The molecule has 0 amide bonds. The minimum atomic E-state index is 0.381. The van der Waals surface area contributed by atoms with Gasteiger partial charge in [0.2, 0.25) is 0 Å². The van der Waals surface area contributed by atoms with E-state index in [1.807, 2.05) is 42.6 Å². The van der Waals surface area contributed by atoms with Crippen LogP contribution < -0.4 is 5.32 Å². The third-order valence-electron chi connectivity index (χ3n) is 3.59. The van der Waals surface area contributed by atoms with E-state index in [0.29, 0.717) is 12.4 Å². The van der Waals surface area contributed by atoms with Crippen molar-refractivity contribution < 1.29 is 0 Å². The van der Waals surface area contributed by atoms with E-state index in [2.05, 4.69) is 25.3 Å². The average Bonchev–Trinajstić information content (AvgIpc) is 3.18. The molecule has 0 aliphatic rings. The fraction of sp³-hybridized carbons (Fsp3) is 0.0625. The van der Waals surface area contributed by atoms with Crippen LogP contribution >= 0.6 is 0 Å². The molecule has 0 saturated carbocycles. The molecule has 3 heterocycles. The summed E-state index contributed by atoms with van der Waals surface area (Å²) in [5.74, 6) is 1.16. The van der Waals surface area contributed by atoms with Crippen molar-refractivity contribution in [2.45, 2.75) is 6.54 Å². The van der Waals surface area contributed by atoms with Crippen molar-refractivity contribution in [2.24, 2.45) is 0 Å². The predicted molar refractivity (Wildman–Crippen MR) is 85.9 cm³/mol. The van der Waals surface area contributed by atoms with Crippen molar-refractivity contribution in [2.75, 3.05) is 0 Å². The molecule has 0 saturated heterocycles. The number of nitrogens with one attached hydrogen (secondary N) is 4. The van der Waals surface area contributed by atoms with Gasteiger partial charge in [-0.1, -0.05) is 30.3 Å². The van der Waals surface area contributed by atoms with Gasteiger partial charge in [-0.2, -0.15) is 0 Å². The number of benzene rings is 1. The highest BCUT2D eigenvalue weighted by Gasteiger charge is 2.08. The summed E-state index contributed by atoms with van der Waals surface area (Å²) in [6, 6.07) is 11.6. The van der Waals surface area contributed by atoms with E-state index in [1.165, 1.54) is 0 Å². The van der Waals surface area contributed by atoms with E-state index >= 15 is 0 Å². The van der Waals surface area contributed by atoms with E-state index in [-0.39, 0.29) is 0 Å². The van der Waals surface area contributed by atoms with Crippen molar-refractivity contribution >= 4 is 27.9 Å². The molecule has 3 aromatic heterocycles. The Bertz CT molecular complexity index is 951. The Balaban J connectivity index is 1.58. The second-order valence-electron chi connectivity index (χ2n) is 5.04. The van der Waals surface area contributed by atoms with E-state index in [4.69, 9.17) is 5.41 Å². The molecule has 0 aliphatic heterocycles. The monoisotopic (exact) mass is 290 g/mol. The smallest absolute Gasteiger partial charge is 0.139 e. The zero-order valence-electron chi connectivity index (χ0n) is 11.7. The molecule has 4 N–H and O–H groups in total. The largest absolute Gasteiger partial charge is 0.363 e. The van der Waals surface area contributed by atoms with Crippen LogP contribution in [0.3, 0.4) is 0 Å². The van der Waals surface area contributed by atoms with Gasteiger partial charge in [0.15, 0.2) is 0 Å². The van der Waals surface area contributed by atoms with Crippen molar-refractivity contribution in [3.8, 4) is 0 Å². The zero-order valence-corrected chi connectivity index (χ0v) is 11.7. The quantitative estimate of drug-likeness (QED) is 0.345. The summed E-state index contributed by atoms with van der Waals surface area (Å²) >= 11 is 0. The van der Waals surface area contributed by atoms with Crippen LogP contribution in [0.15, 0.2) is 48.8 Å². The maximum Gasteiger partial charge on any atom is 0.139 e. The van der Waals surface area contributed by atoms with Gasteiger partial charge in [0.1, 0.15) is 22.8 Å². The third-order valence-corrected chi connectivity index (χ3v) is 3.59. The van der Waals surface area contributed by atoms with Gasteiger partial charge >= 0.3 is 0 Å². The number of fused-ring (bicyclic) bond motifs is 3. The molecule has 0 spiro atoms. The van der Waals surface area contributed by atoms with Crippen LogP contribution in [0.4, 0.5) is 0 Å². The van der Waals surface area contributed by atoms with Crippen LogP contribution in [0.5, 0.6) is 0 Å². The Morgan fingerprint density at radius 2 is 2.05 bits per heavy atom. The summed E-state index contributed by atoms with van der Waals surface area (Å²) in [5.41, 5.74) is 3.49. The second kappa shape index (κ2) is 5.00. The Morgan fingerprint density at radius 1 is 1.18 bits per heavy atom. The molecule has 6 heteroatoms. The summed E-state index contributed by atoms with van der Waals surface area (Å²) in [6.07, 6.45) is 3.61. The number of amidine groups is 1. The number of aromatic amines is 2. The summed E-state index contributed by atoms with van der Waals surface area (Å²) in [4.78, 5) is 15.2. The number of hydrogen-bond acceptors (Lipinski definition) is 3. The summed E-state index contributed by atoms with van der Waals surface area (Å²) < 4.78 is 0. The first-order valence-electron chi connectivity index (χ1n) is 7.00. The van der Waals surface area contributed by atoms with Crippen LogP contribution in [0, 0.1) is 5.41 Å². The van der Waals surface area contributed by atoms with Crippen molar-refractivity contribution in [3.05, 3.63) is 60.2 Å². The molecule has 22 heavy (non-hydrogen) atoms. The van der Waals surface area contributed by atoms with Crippen LogP contribution in [0.2, 0.25) is 0 Å². The number of aromatic nitrogens is 4. The van der Waals surface area contributed by atoms with E-state index in [0.717, 1.165) is 33.5 Å². The normalized spacial score (nSPS) is 11.1. The lowest BCUT2D eigenvalue weighted by Gasteiger charge is -2.05. The van der Waals surface area contributed by atoms with Gasteiger partial charge in [-0.3, -0.25) is 5.41 Å². The van der Waals surface area contributed by atoms with Gasteiger partial charge in [-0.15, -0.1) is 0 Å². The first-order valence-corrected chi connectivity index (χ1v) is 7.00. The lowest BCUT2D eigenvalue weighted by molar-refractivity contribution is 0.847. The lowest BCUT2D eigenvalue weighted by Crippen LogP contribution is -2.23. The van der Waals surface area contributed by atoms with Gasteiger partial charge in [-0.25, -0.2) is 9.97 Å². The van der Waals surface area contributed by atoms with Gasteiger partial charge in [0, 0.05) is 17.1 Å². The molecular weight excluding hydrogens is 276 g/mol. The fourth-order valence-corrected chi connectivity index (χ4v) is 2.49. The van der Waals surface area contributed by atoms with E-state index < -0.39 is 0 Å². The molecule has 0 atom stereocenters. The van der Waals surface area contributed by atoms with Crippen LogP contribution in [-0.2, 0) is 6.54 Å². The summed E-state index contributed by atoms with van der Waals surface area (Å²) in [5, 5.41) is 12.2. The number of hydrogen-bond donors (Lipinski definition) is 4. The Kier molecular flexibility index (Phi) is 2.86. The molecule has 1 aromatic carbocycles. The average molecular weight is 290 g/mol. The van der Waals surface area contributed by atoms with Gasteiger partial charge in [-0.05, 0) is 6.07 Å². The highest BCUT2D eigenvalue weighted by atomic mass is 15.0. The molecular formula is C16H14N6. The molecule has 0 unspecified atom stereocenters. The Labute approximate surface area is 126 Å². The molecule has 4 rings (SSSR count). The topological polar surface area (TPSA) is 93.2 Å². The van der Waals surface area contributed by atoms with Crippen molar-refractivity contribution in [1.82, 2.24) is 25.3 Å². The number of rotatable bonds is 3. The third kappa shape index (κ3) is 2.10. The van der Waals surface area contributed by atoms with E-state index in [9.17, 15) is 0 Å². The number of imidazole rings is 1. The van der Waals surface area contributed by atoms with E-state index in [1.54, 1.807) is 6.20 Å². The molecule has 4 aromatic rings. The predicted octanol–water partition coefficient (Wildman–Crippen LogP) is 2.55. The molecule has 0 bridgehead atoms. The minimum absolute atomic E-state index is 0.381. The number of pyridine rings is 1. The number of H-pyrrole nitrogens is 2. The second-order valence-corrected chi connectivity index (χ2v) is 5.04. The van der Waals surface area contributed by atoms with Crippen LogP contribution in [0.25, 0.3) is 22.1 Å². The van der Waals surface area contributed by atoms with Crippen molar-refractivity contribution in [3.63, 3.8) is 0 Å². The molecule has 6 nitrogen and oxygen atoms in total. The molecule has 108 valence electrons. The minimum Gasteiger partial charge on any atom is -0.363 e. The van der Waals surface area contributed by atoms with Gasteiger partial charge in [0.25, 0.3) is 0 Å². The number of nitrogens with zero attached hydrogens (tertiary/aromatic N) is 2. The Hall–Kier alpha value is -3.15.